The van der Waals surface area contributed by atoms with Gasteiger partial charge in [-0.3, -0.25) is 4.79 Å². The van der Waals surface area contributed by atoms with Crippen LogP contribution in [-0.4, -0.2) is 38.7 Å². The zero-order chi connectivity index (χ0) is 16.0. The highest BCUT2D eigenvalue weighted by atomic mass is 32.2. The number of nitrogens with one attached hydrogen (secondary N) is 1. The van der Waals surface area contributed by atoms with Gasteiger partial charge in [0.05, 0.1) is 24.3 Å². The van der Waals surface area contributed by atoms with E-state index in [0.717, 1.165) is 5.56 Å². The topological polar surface area (TPSA) is 84.8 Å². The number of sulfone groups is 1. The first-order valence-electron chi connectivity index (χ1n) is 7.24. The first kappa shape index (κ1) is 16.5. The molecule has 120 valence electrons. The molecule has 0 spiro atoms. The average molecular weight is 324 g/mol. The molecule has 22 heavy (non-hydrogen) atoms. The number of carbonyl (C=O) groups is 1. The molecule has 1 aliphatic heterocycles. The van der Waals surface area contributed by atoms with E-state index in [1.807, 2.05) is 31.2 Å². The van der Waals surface area contributed by atoms with Crippen LogP contribution in [0.3, 0.4) is 0 Å². The van der Waals surface area contributed by atoms with Gasteiger partial charge in [0, 0.05) is 12.0 Å². The van der Waals surface area contributed by atoms with Gasteiger partial charge in [-0.1, -0.05) is 12.1 Å². The molecule has 1 aromatic rings. The number of amides is 1. The maximum atomic E-state index is 11.8. The van der Waals surface area contributed by atoms with Gasteiger partial charge < -0.3 is 4.74 Å². The Morgan fingerprint density at radius 2 is 2.23 bits per heavy atom. The zero-order valence-corrected chi connectivity index (χ0v) is 13.3. The maximum Gasteiger partial charge on any atom is 0.240 e. The molecule has 1 aliphatic rings. The SMILES string of the molecule is CCOc1ccccc1/C=N\NC(=O)C[C@@H]1CCS(=O)(=O)C1. The van der Waals surface area contributed by atoms with E-state index in [1.165, 1.54) is 6.21 Å². The number of nitrogens with zero attached hydrogens (tertiary/aromatic N) is 1. The van der Waals surface area contributed by atoms with Gasteiger partial charge in [-0.15, -0.1) is 0 Å². The Kier molecular flexibility index (Phi) is 5.54. The van der Waals surface area contributed by atoms with Crippen LogP contribution >= 0.6 is 0 Å². The molecule has 0 saturated carbocycles. The van der Waals surface area contributed by atoms with Crippen molar-refractivity contribution in [2.75, 3.05) is 18.1 Å². The van der Waals surface area contributed by atoms with Gasteiger partial charge in [-0.25, -0.2) is 13.8 Å². The zero-order valence-electron chi connectivity index (χ0n) is 12.5. The number of hydrazone groups is 1. The molecule has 0 aliphatic carbocycles. The summed E-state index contributed by atoms with van der Waals surface area (Å²) in [6.45, 7) is 2.44. The van der Waals surface area contributed by atoms with Crippen LogP contribution < -0.4 is 10.2 Å². The lowest BCUT2D eigenvalue weighted by molar-refractivity contribution is -0.121. The second-order valence-electron chi connectivity index (χ2n) is 5.24. The third-order valence-corrected chi connectivity index (χ3v) is 5.25. The van der Waals surface area contributed by atoms with Crippen molar-refractivity contribution < 1.29 is 17.9 Å². The van der Waals surface area contributed by atoms with Crippen molar-refractivity contribution in [2.24, 2.45) is 11.0 Å². The summed E-state index contributed by atoms with van der Waals surface area (Å²) in [5, 5.41) is 3.91. The number of hydrogen-bond donors (Lipinski definition) is 1. The fourth-order valence-electron chi connectivity index (χ4n) is 2.39. The normalized spacial score (nSPS) is 20.1. The van der Waals surface area contributed by atoms with E-state index in [-0.39, 0.29) is 29.8 Å². The lowest BCUT2D eigenvalue weighted by Crippen LogP contribution is -2.21. The summed E-state index contributed by atoms with van der Waals surface area (Å²) >= 11 is 0. The smallest absolute Gasteiger partial charge is 0.240 e. The molecule has 1 aromatic carbocycles. The van der Waals surface area contributed by atoms with Gasteiger partial charge >= 0.3 is 0 Å². The van der Waals surface area contributed by atoms with E-state index in [4.69, 9.17) is 4.74 Å². The molecule has 1 atom stereocenters. The standard InChI is InChI=1S/C15H20N2O4S/c1-2-21-14-6-4-3-5-13(14)10-16-17-15(18)9-12-7-8-22(19,20)11-12/h3-6,10,12H,2,7-9,11H2,1H3,(H,17,18)/b16-10-/t12-/m0/s1. The summed E-state index contributed by atoms with van der Waals surface area (Å²) < 4.78 is 28.1. The lowest BCUT2D eigenvalue weighted by atomic mass is 10.1. The molecule has 0 bridgehead atoms. The van der Waals surface area contributed by atoms with Gasteiger partial charge in [0.25, 0.3) is 0 Å². The predicted molar refractivity (Wildman–Crippen MR) is 84.7 cm³/mol. The first-order valence-corrected chi connectivity index (χ1v) is 9.06. The average Bonchev–Trinajstić information content (AvgIpc) is 2.80. The third kappa shape index (κ3) is 4.84. The summed E-state index contributed by atoms with van der Waals surface area (Å²) in [5.41, 5.74) is 3.21. The van der Waals surface area contributed by atoms with Crippen LogP contribution in [0.15, 0.2) is 29.4 Å². The molecule has 0 aromatic heterocycles. The number of para-hydroxylation sites is 1. The van der Waals surface area contributed by atoms with Crippen LogP contribution in [0.2, 0.25) is 0 Å². The van der Waals surface area contributed by atoms with Crippen molar-refractivity contribution in [1.29, 1.82) is 0 Å². The summed E-state index contributed by atoms with van der Waals surface area (Å²) in [6.07, 6.45) is 2.25. The molecule has 0 unspecified atom stereocenters. The van der Waals surface area contributed by atoms with Crippen molar-refractivity contribution in [3.8, 4) is 5.75 Å². The van der Waals surface area contributed by atoms with E-state index >= 15 is 0 Å². The monoisotopic (exact) mass is 324 g/mol. The van der Waals surface area contributed by atoms with Crippen LogP contribution in [-0.2, 0) is 14.6 Å². The Bertz CT molecular complexity index is 655. The minimum atomic E-state index is -2.95. The summed E-state index contributed by atoms with van der Waals surface area (Å²) in [6, 6.07) is 7.39. The minimum absolute atomic E-state index is 0.0946. The van der Waals surface area contributed by atoms with Crippen molar-refractivity contribution >= 4 is 22.0 Å². The highest BCUT2D eigenvalue weighted by Crippen LogP contribution is 2.21. The Labute approximate surface area is 130 Å². The van der Waals surface area contributed by atoms with Crippen molar-refractivity contribution in [1.82, 2.24) is 5.43 Å². The molecule has 1 fully saturated rings. The molecular formula is C15H20N2O4S. The van der Waals surface area contributed by atoms with E-state index in [0.29, 0.717) is 18.8 Å². The number of rotatable bonds is 6. The fraction of sp³-hybridized carbons (Fsp3) is 0.467. The van der Waals surface area contributed by atoms with Gasteiger partial charge in [0.2, 0.25) is 5.91 Å². The van der Waals surface area contributed by atoms with Crippen molar-refractivity contribution in [3.63, 3.8) is 0 Å². The van der Waals surface area contributed by atoms with Gasteiger partial charge in [0.15, 0.2) is 9.84 Å². The highest BCUT2D eigenvalue weighted by Gasteiger charge is 2.29. The number of benzene rings is 1. The van der Waals surface area contributed by atoms with E-state index < -0.39 is 9.84 Å². The number of carbonyl (C=O) groups excluding carboxylic acids is 1. The molecule has 0 radical (unpaired) electrons. The summed E-state index contributed by atoms with van der Waals surface area (Å²) in [4.78, 5) is 11.8. The van der Waals surface area contributed by atoms with Crippen LogP contribution in [0, 0.1) is 5.92 Å². The molecule has 1 amide bonds. The van der Waals surface area contributed by atoms with Gasteiger partial charge in [-0.2, -0.15) is 5.10 Å². The van der Waals surface area contributed by atoms with Crippen LogP contribution in [0.25, 0.3) is 0 Å². The number of ether oxygens (including phenoxy) is 1. The highest BCUT2D eigenvalue weighted by molar-refractivity contribution is 7.91. The van der Waals surface area contributed by atoms with E-state index in [9.17, 15) is 13.2 Å². The van der Waals surface area contributed by atoms with Gasteiger partial charge in [-0.05, 0) is 31.4 Å². The fourth-order valence-corrected chi connectivity index (χ4v) is 4.25. The van der Waals surface area contributed by atoms with E-state index in [1.54, 1.807) is 0 Å². The van der Waals surface area contributed by atoms with Gasteiger partial charge in [0.1, 0.15) is 5.75 Å². The predicted octanol–water partition coefficient (Wildman–Crippen LogP) is 1.36. The van der Waals surface area contributed by atoms with Crippen LogP contribution in [0.5, 0.6) is 5.75 Å². The molecule has 1 N–H and O–H groups in total. The Morgan fingerprint density at radius 3 is 2.91 bits per heavy atom. The maximum absolute atomic E-state index is 11.8. The molecule has 1 heterocycles. The second kappa shape index (κ2) is 7.40. The Balaban J connectivity index is 1.86. The first-order chi connectivity index (χ1) is 10.5. The number of hydrogen-bond acceptors (Lipinski definition) is 5. The largest absolute Gasteiger partial charge is 0.493 e. The van der Waals surface area contributed by atoms with Crippen LogP contribution in [0.4, 0.5) is 0 Å². The third-order valence-electron chi connectivity index (χ3n) is 3.41. The van der Waals surface area contributed by atoms with Crippen molar-refractivity contribution in [2.45, 2.75) is 19.8 Å². The molecular weight excluding hydrogens is 304 g/mol. The Morgan fingerprint density at radius 1 is 1.45 bits per heavy atom. The minimum Gasteiger partial charge on any atom is -0.493 e. The van der Waals surface area contributed by atoms with Crippen molar-refractivity contribution in [3.05, 3.63) is 29.8 Å². The second-order valence-corrected chi connectivity index (χ2v) is 7.47. The quantitative estimate of drug-likeness (QED) is 0.632. The Hall–Kier alpha value is -1.89. The summed E-state index contributed by atoms with van der Waals surface area (Å²) in [5.74, 6) is 0.598. The molecule has 2 rings (SSSR count). The molecule has 1 saturated heterocycles. The van der Waals surface area contributed by atoms with E-state index in [2.05, 4.69) is 10.5 Å². The van der Waals surface area contributed by atoms with Crippen LogP contribution in [0.1, 0.15) is 25.3 Å². The lowest BCUT2D eigenvalue weighted by Gasteiger charge is -2.07. The molecule has 7 heteroatoms. The summed E-state index contributed by atoms with van der Waals surface area (Å²) in [7, 11) is -2.95. The molecule has 6 nitrogen and oxygen atoms in total.